The number of para-hydroxylation sites is 1. The van der Waals surface area contributed by atoms with Crippen molar-refractivity contribution < 1.29 is 22.7 Å². The van der Waals surface area contributed by atoms with Gasteiger partial charge < -0.3 is 15.0 Å². The van der Waals surface area contributed by atoms with E-state index >= 15 is 0 Å². The van der Waals surface area contributed by atoms with E-state index in [0.717, 1.165) is 42.0 Å². The molecule has 0 bridgehead atoms. The number of methoxy groups -OCH3 is 1. The molecule has 0 radical (unpaired) electrons. The van der Waals surface area contributed by atoms with Gasteiger partial charge in [-0.3, -0.25) is 13.9 Å². The minimum Gasteiger partial charge on any atom is -0.497 e. The lowest BCUT2D eigenvalue weighted by molar-refractivity contribution is -0.139. The van der Waals surface area contributed by atoms with Gasteiger partial charge >= 0.3 is 0 Å². The number of carbonyl (C=O) groups excluding carboxylic acids is 2. The maximum absolute atomic E-state index is 14.1. The van der Waals surface area contributed by atoms with E-state index < -0.39 is 28.5 Å². The van der Waals surface area contributed by atoms with Gasteiger partial charge in [0, 0.05) is 12.6 Å². The summed E-state index contributed by atoms with van der Waals surface area (Å²) >= 11 is 6.45. The summed E-state index contributed by atoms with van der Waals surface area (Å²) in [6.45, 7) is 1.23. The molecule has 0 aliphatic heterocycles. The molecule has 0 aromatic heterocycles. The standard InChI is InChI=1S/C31H36ClN3O5S/c1-23(31(37)33-25-11-5-3-6-12-25)34(21-24-17-19-26(40-2)20-18-24)30(36)22-35(29-16-10-9-15-28(29)32)41(38,39)27-13-7-4-8-14-27/h4,7-10,13-20,23,25H,3,5-6,11-12,21-22H2,1-2H3,(H,33,37)/t23-/m1/s1. The first-order chi connectivity index (χ1) is 19.7. The predicted octanol–water partition coefficient (Wildman–Crippen LogP) is 5.41. The molecule has 8 nitrogen and oxygen atoms in total. The van der Waals surface area contributed by atoms with Crippen LogP contribution in [0.4, 0.5) is 5.69 Å². The van der Waals surface area contributed by atoms with Crippen molar-refractivity contribution in [1.82, 2.24) is 10.2 Å². The van der Waals surface area contributed by atoms with Crippen molar-refractivity contribution in [2.45, 2.75) is 62.6 Å². The number of rotatable bonds is 11. The van der Waals surface area contributed by atoms with Crippen LogP contribution in [0.1, 0.15) is 44.6 Å². The Hall–Kier alpha value is -3.56. The Morgan fingerprint density at radius 3 is 2.22 bits per heavy atom. The highest BCUT2D eigenvalue weighted by Gasteiger charge is 2.33. The Bertz CT molecular complexity index is 1430. The molecule has 1 fully saturated rings. The van der Waals surface area contributed by atoms with Crippen LogP contribution in [0.25, 0.3) is 0 Å². The zero-order chi connectivity index (χ0) is 29.4. The van der Waals surface area contributed by atoms with Crippen LogP contribution in [0.5, 0.6) is 5.75 Å². The largest absolute Gasteiger partial charge is 0.497 e. The van der Waals surface area contributed by atoms with E-state index in [1.54, 1.807) is 68.6 Å². The van der Waals surface area contributed by atoms with E-state index in [-0.39, 0.29) is 34.1 Å². The van der Waals surface area contributed by atoms with Crippen molar-refractivity contribution >= 4 is 39.1 Å². The number of anilines is 1. The summed E-state index contributed by atoms with van der Waals surface area (Å²) in [6, 6.07) is 20.8. The second kappa shape index (κ2) is 13.9. The summed E-state index contributed by atoms with van der Waals surface area (Å²) in [5, 5.41) is 3.29. The molecule has 2 amide bonds. The molecule has 218 valence electrons. The lowest BCUT2D eigenvalue weighted by atomic mass is 9.95. The van der Waals surface area contributed by atoms with Crippen LogP contribution in [0.15, 0.2) is 83.8 Å². The second-order valence-corrected chi connectivity index (χ2v) is 12.4. The summed E-state index contributed by atoms with van der Waals surface area (Å²) in [5.41, 5.74) is 0.946. The van der Waals surface area contributed by atoms with Gasteiger partial charge in [0.15, 0.2) is 0 Å². The third kappa shape index (κ3) is 7.59. The quantitative estimate of drug-likeness (QED) is 0.319. The Labute approximate surface area is 247 Å². The third-order valence-electron chi connectivity index (χ3n) is 7.36. The van der Waals surface area contributed by atoms with Gasteiger partial charge in [-0.05, 0) is 61.7 Å². The van der Waals surface area contributed by atoms with Crippen LogP contribution in [0.3, 0.4) is 0 Å². The average Bonchev–Trinajstić information content (AvgIpc) is 3.00. The second-order valence-electron chi connectivity index (χ2n) is 10.2. The van der Waals surface area contributed by atoms with Crippen molar-refractivity contribution in [3.63, 3.8) is 0 Å². The van der Waals surface area contributed by atoms with Gasteiger partial charge in [-0.1, -0.05) is 73.3 Å². The molecule has 10 heteroatoms. The van der Waals surface area contributed by atoms with Gasteiger partial charge in [-0.25, -0.2) is 8.42 Å². The minimum atomic E-state index is -4.17. The fourth-order valence-corrected chi connectivity index (χ4v) is 6.71. The van der Waals surface area contributed by atoms with Gasteiger partial charge in [-0.2, -0.15) is 0 Å². The lowest BCUT2D eigenvalue weighted by Gasteiger charge is -2.33. The van der Waals surface area contributed by atoms with E-state index in [2.05, 4.69) is 5.32 Å². The fraction of sp³-hybridized carbons (Fsp3) is 0.355. The molecule has 0 spiro atoms. The average molecular weight is 598 g/mol. The molecule has 1 N–H and O–H groups in total. The molecule has 3 aromatic carbocycles. The maximum atomic E-state index is 14.1. The van der Waals surface area contributed by atoms with Crippen LogP contribution >= 0.6 is 11.6 Å². The number of benzene rings is 3. The van der Waals surface area contributed by atoms with Crippen molar-refractivity contribution in [3.05, 3.63) is 89.4 Å². The normalized spacial score (nSPS) is 14.6. The molecule has 1 atom stereocenters. The van der Waals surface area contributed by atoms with Crippen molar-refractivity contribution in [2.24, 2.45) is 0 Å². The van der Waals surface area contributed by atoms with Gasteiger partial charge in [0.05, 0.1) is 22.7 Å². The van der Waals surface area contributed by atoms with E-state index in [1.807, 2.05) is 12.1 Å². The number of halogens is 1. The van der Waals surface area contributed by atoms with Crippen LogP contribution in [-0.4, -0.2) is 50.9 Å². The number of hydrogen-bond donors (Lipinski definition) is 1. The van der Waals surface area contributed by atoms with Crippen molar-refractivity contribution in [3.8, 4) is 5.75 Å². The molecule has 0 heterocycles. The third-order valence-corrected chi connectivity index (χ3v) is 9.46. The maximum Gasteiger partial charge on any atom is 0.264 e. The topological polar surface area (TPSA) is 96.0 Å². The van der Waals surface area contributed by atoms with Crippen LogP contribution < -0.4 is 14.4 Å². The highest BCUT2D eigenvalue weighted by atomic mass is 35.5. The first-order valence-corrected chi connectivity index (χ1v) is 15.6. The fourth-order valence-electron chi connectivity index (χ4n) is 4.97. The predicted molar refractivity (Wildman–Crippen MR) is 160 cm³/mol. The molecule has 41 heavy (non-hydrogen) atoms. The van der Waals surface area contributed by atoms with Crippen LogP contribution in [0, 0.1) is 0 Å². The number of amides is 2. The first kappa shape index (κ1) is 30.4. The van der Waals surface area contributed by atoms with E-state index in [4.69, 9.17) is 16.3 Å². The van der Waals surface area contributed by atoms with Gasteiger partial charge in [0.1, 0.15) is 18.3 Å². The first-order valence-electron chi connectivity index (χ1n) is 13.8. The summed E-state index contributed by atoms with van der Waals surface area (Å²) < 4.78 is 34.0. The van der Waals surface area contributed by atoms with Crippen molar-refractivity contribution in [2.75, 3.05) is 18.0 Å². The Balaban J connectivity index is 1.67. The number of carbonyl (C=O) groups is 2. The molecule has 3 aromatic rings. The Kier molecular flexibility index (Phi) is 10.3. The monoisotopic (exact) mass is 597 g/mol. The summed E-state index contributed by atoms with van der Waals surface area (Å²) in [5.74, 6) is -0.144. The van der Waals surface area contributed by atoms with Gasteiger partial charge in [0.25, 0.3) is 10.0 Å². The van der Waals surface area contributed by atoms with Gasteiger partial charge in [-0.15, -0.1) is 0 Å². The smallest absolute Gasteiger partial charge is 0.264 e. The summed E-state index contributed by atoms with van der Waals surface area (Å²) in [6.07, 6.45) is 5.06. The number of nitrogens with zero attached hydrogens (tertiary/aromatic N) is 2. The molecule has 1 saturated carbocycles. The number of ether oxygens (including phenoxy) is 1. The SMILES string of the molecule is COc1ccc(CN(C(=O)CN(c2ccccc2Cl)S(=O)(=O)c2ccccc2)[C@H](C)C(=O)NC2CCCCC2)cc1. The molecule has 0 saturated heterocycles. The summed E-state index contributed by atoms with van der Waals surface area (Å²) in [4.78, 5) is 28.9. The van der Waals surface area contributed by atoms with E-state index in [1.165, 1.54) is 17.0 Å². The van der Waals surface area contributed by atoms with Gasteiger partial charge in [0.2, 0.25) is 11.8 Å². The van der Waals surface area contributed by atoms with Crippen LogP contribution in [-0.2, 0) is 26.2 Å². The zero-order valence-corrected chi connectivity index (χ0v) is 24.9. The van der Waals surface area contributed by atoms with E-state index in [9.17, 15) is 18.0 Å². The lowest BCUT2D eigenvalue weighted by Crippen LogP contribution is -2.53. The molecule has 1 aliphatic rings. The molecular weight excluding hydrogens is 562 g/mol. The molecule has 1 aliphatic carbocycles. The highest BCUT2D eigenvalue weighted by Crippen LogP contribution is 2.31. The highest BCUT2D eigenvalue weighted by molar-refractivity contribution is 7.92. The van der Waals surface area contributed by atoms with Crippen molar-refractivity contribution in [1.29, 1.82) is 0 Å². The number of nitrogens with one attached hydrogen (secondary N) is 1. The zero-order valence-electron chi connectivity index (χ0n) is 23.3. The summed E-state index contributed by atoms with van der Waals surface area (Å²) in [7, 11) is -2.60. The van der Waals surface area contributed by atoms with E-state index in [0.29, 0.717) is 5.75 Å². The number of sulfonamides is 1. The minimum absolute atomic E-state index is 0.0255. The molecule has 4 rings (SSSR count). The molecule has 0 unspecified atom stereocenters. The van der Waals surface area contributed by atoms with Crippen LogP contribution in [0.2, 0.25) is 5.02 Å². The Morgan fingerprint density at radius 2 is 1.59 bits per heavy atom. The molecular formula is C31H36ClN3O5S. The Morgan fingerprint density at radius 1 is 0.951 bits per heavy atom. The number of hydrogen-bond acceptors (Lipinski definition) is 5.